The molecule has 0 atom stereocenters. The van der Waals surface area contributed by atoms with E-state index in [9.17, 15) is 19.1 Å². The number of anilines is 1. The largest absolute Gasteiger partial charge is 0.477 e. The fourth-order valence-electron chi connectivity index (χ4n) is 4.08. The van der Waals surface area contributed by atoms with Crippen LogP contribution in [0.15, 0.2) is 16.9 Å². The van der Waals surface area contributed by atoms with Crippen molar-refractivity contribution < 1.29 is 14.3 Å². The molecule has 27 heavy (non-hydrogen) atoms. The number of pyridine rings is 1. The number of nitrogens with zero attached hydrogens (tertiary/aromatic N) is 2. The second-order valence-corrected chi connectivity index (χ2v) is 7.71. The van der Waals surface area contributed by atoms with Crippen LogP contribution in [0.4, 0.5) is 10.1 Å². The van der Waals surface area contributed by atoms with E-state index in [2.05, 4.69) is 5.32 Å². The van der Waals surface area contributed by atoms with Gasteiger partial charge in [-0.05, 0) is 30.9 Å². The van der Waals surface area contributed by atoms with Gasteiger partial charge in [-0.25, -0.2) is 9.18 Å². The average molecular weight is 373 g/mol. The van der Waals surface area contributed by atoms with Crippen LogP contribution < -0.4 is 15.6 Å². The molecule has 6 nitrogen and oxygen atoms in total. The molecule has 4 rings (SSSR count). The summed E-state index contributed by atoms with van der Waals surface area (Å²) in [7, 11) is 0. The fourth-order valence-corrected chi connectivity index (χ4v) is 4.08. The highest BCUT2D eigenvalue weighted by molar-refractivity contribution is 5.95. The number of rotatable bonds is 4. The summed E-state index contributed by atoms with van der Waals surface area (Å²) in [5.41, 5.74) is 0.852. The molecule has 1 aromatic carbocycles. The van der Waals surface area contributed by atoms with E-state index in [0.717, 1.165) is 25.9 Å². The SMILES string of the molecule is CC(C)c1c(C(=O)O)c(=O)c2cc(F)c(N3CCNCC3)cc2n1C1CC1. The standard InChI is InChI=1S/C20H24FN3O3/c1-11(2)18-17(20(26)27)19(25)13-9-14(21)16(23-7-5-22-6-8-23)10-15(13)24(18)12-3-4-12/h9-12,22H,3-8H2,1-2H3,(H,26,27). The summed E-state index contributed by atoms with van der Waals surface area (Å²) < 4.78 is 16.8. The minimum absolute atomic E-state index is 0.124. The normalized spacial score (nSPS) is 17.7. The van der Waals surface area contributed by atoms with Crippen LogP contribution in [0.2, 0.25) is 0 Å². The molecular weight excluding hydrogens is 349 g/mol. The average Bonchev–Trinajstić information content (AvgIpc) is 3.46. The number of carboxylic acids is 1. The highest BCUT2D eigenvalue weighted by atomic mass is 19.1. The summed E-state index contributed by atoms with van der Waals surface area (Å²) in [6.45, 7) is 6.74. The van der Waals surface area contributed by atoms with Crippen LogP contribution in [0.5, 0.6) is 0 Å². The lowest BCUT2D eigenvalue weighted by Gasteiger charge is -2.30. The Kier molecular flexibility index (Phi) is 4.42. The third kappa shape index (κ3) is 3.00. The minimum atomic E-state index is -1.24. The van der Waals surface area contributed by atoms with Crippen LogP contribution in [-0.4, -0.2) is 41.8 Å². The third-order valence-corrected chi connectivity index (χ3v) is 5.44. The number of piperazine rings is 1. The van der Waals surface area contributed by atoms with E-state index in [4.69, 9.17) is 0 Å². The molecule has 0 spiro atoms. The van der Waals surface area contributed by atoms with Gasteiger partial charge in [0.25, 0.3) is 0 Å². The number of carboxylic acid groups (broad SMARTS) is 1. The van der Waals surface area contributed by atoms with Gasteiger partial charge in [-0.3, -0.25) is 4.79 Å². The lowest BCUT2D eigenvalue weighted by molar-refractivity contribution is 0.0693. The van der Waals surface area contributed by atoms with Gasteiger partial charge < -0.3 is 19.9 Å². The smallest absolute Gasteiger partial charge is 0.341 e. The van der Waals surface area contributed by atoms with Gasteiger partial charge in [-0.2, -0.15) is 0 Å². The first kappa shape index (κ1) is 18.0. The first-order chi connectivity index (χ1) is 12.9. The molecule has 0 radical (unpaired) electrons. The van der Waals surface area contributed by atoms with E-state index >= 15 is 0 Å². The molecule has 0 bridgehead atoms. The monoisotopic (exact) mass is 373 g/mol. The Labute approximate surface area is 156 Å². The summed E-state index contributed by atoms with van der Waals surface area (Å²) in [6, 6.07) is 3.14. The van der Waals surface area contributed by atoms with Crippen molar-refractivity contribution >= 4 is 22.6 Å². The van der Waals surface area contributed by atoms with Crippen LogP contribution in [-0.2, 0) is 0 Å². The Balaban J connectivity index is 2.05. The second-order valence-electron chi connectivity index (χ2n) is 7.71. The van der Waals surface area contributed by atoms with E-state index in [0.29, 0.717) is 30.0 Å². The molecule has 2 aliphatic rings. The molecule has 0 unspecified atom stereocenters. The fraction of sp³-hybridized carbons (Fsp3) is 0.500. The molecular formula is C20H24FN3O3. The van der Waals surface area contributed by atoms with Crippen molar-refractivity contribution in [3.05, 3.63) is 39.4 Å². The lowest BCUT2D eigenvalue weighted by Crippen LogP contribution is -2.44. The maximum Gasteiger partial charge on any atom is 0.341 e. The Morgan fingerprint density at radius 1 is 1.26 bits per heavy atom. The summed E-state index contributed by atoms with van der Waals surface area (Å²) >= 11 is 0. The molecule has 2 fully saturated rings. The van der Waals surface area contributed by atoms with Crippen molar-refractivity contribution in [1.82, 2.24) is 9.88 Å². The van der Waals surface area contributed by atoms with Gasteiger partial charge in [-0.15, -0.1) is 0 Å². The van der Waals surface area contributed by atoms with E-state index < -0.39 is 17.2 Å². The third-order valence-electron chi connectivity index (χ3n) is 5.44. The summed E-state index contributed by atoms with van der Waals surface area (Å²) in [5.74, 6) is -1.84. The van der Waals surface area contributed by atoms with E-state index in [1.807, 2.05) is 23.3 Å². The molecule has 1 saturated heterocycles. The van der Waals surface area contributed by atoms with Crippen LogP contribution in [0.25, 0.3) is 10.9 Å². The van der Waals surface area contributed by atoms with Crippen molar-refractivity contribution in [3.63, 3.8) is 0 Å². The van der Waals surface area contributed by atoms with Gasteiger partial charge >= 0.3 is 5.97 Å². The predicted octanol–water partition coefficient (Wildman–Crippen LogP) is 2.71. The first-order valence-corrected chi connectivity index (χ1v) is 9.50. The number of carbonyl (C=O) groups is 1. The molecule has 1 aromatic heterocycles. The van der Waals surface area contributed by atoms with Crippen molar-refractivity contribution in [2.24, 2.45) is 0 Å². The van der Waals surface area contributed by atoms with Gasteiger partial charge in [0.05, 0.1) is 11.2 Å². The Hall–Kier alpha value is -2.41. The van der Waals surface area contributed by atoms with E-state index in [1.165, 1.54) is 6.07 Å². The molecule has 2 aromatic rings. The quantitative estimate of drug-likeness (QED) is 0.862. The number of aromatic nitrogens is 1. The van der Waals surface area contributed by atoms with Crippen molar-refractivity contribution in [1.29, 1.82) is 0 Å². The van der Waals surface area contributed by atoms with E-state index in [-0.39, 0.29) is 22.9 Å². The number of halogens is 1. The zero-order valence-corrected chi connectivity index (χ0v) is 15.6. The molecule has 7 heteroatoms. The zero-order chi connectivity index (χ0) is 19.3. The number of nitrogens with one attached hydrogen (secondary N) is 1. The van der Waals surface area contributed by atoms with Gasteiger partial charge in [0.2, 0.25) is 5.43 Å². The van der Waals surface area contributed by atoms with Gasteiger partial charge in [0, 0.05) is 43.3 Å². The topological polar surface area (TPSA) is 74.6 Å². The molecule has 1 aliphatic heterocycles. The van der Waals surface area contributed by atoms with Gasteiger partial charge in [-0.1, -0.05) is 13.8 Å². The Bertz CT molecular complexity index is 973. The van der Waals surface area contributed by atoms with Crippen LogP contribution in [0.3, 0.4) is 0 Å². The Morgan fingerprint density at radius 2 is 1.93 bits per heavy atom. The number of hydrogen-bond donors (Lipinski definition) is 2. The Morgan fingerprint density at radius 3 is 2.48 bits per heavy atom. The first-order valence-electron chi connectivity index (χ1n) is 9.50. The maximum atomic E-state index is 14.9. The van der Waals surface area contributed by atoms with Crippen molar-refractivity contribution in [2.75, 3.05) is 31.1 Å². The summed E-state index contributed by atoms with van der Waals surface area (Å²) in [4.78, 5) is 26.8. The summed E-state index contributed by atoms with van der Waals surface area (Å²) in [5, 5.41) is 13.1. The summed E-state index contributed by atoms with van der Waals surface area (Å²) in [6.07, 6.45) is 1.88. The molecule has 2 heterocycles. The van der Waals surface area contributed by atoms with Crippen LogP contribution in [0.1, 0.15) is 54.7 Å². The number of fused-ring (bicyclic) bond motifs is 1. The highest BCUT2D eigenvalue weighted by Gasteiger charge is 2.33. The number of hydrogen-bond acceptors (Lipinski definition) is 4. The van der Waals surface area contributed by atoms with E-state index in [1.54, 1.807) is 6.07 Å². The molecule has 1 aliphatic carbocycles. The predicted molar refractivity (Wildman–Crippen MR) is 103 cm³/mol. The van der Waals surface area contributed by atoms with Gasteiger partial charge in [0.1, 0.15) is 11.4 Å². The number of benzene rings is 1. The second kappa shape index (κ2) is 6.64. The lowest BCUT2D eigenvalue weighted by atomic mass is 9.98. The molecule has 0 amide bonds. The van der Waals surface area contributed by atoms with Crippen LogP contribution >= 0.6 is 0 Å². The zero-order valence-electron chi connectivity index (χ0n) is 15.6. The van der Waals surface area contributed by atoms with Crippen molar-refractivity contribution in [2.45, 2.75) is 38.6 Å². The van der Waals surface area contributed by atoms with Crippen LogP contribution in [0, 0.1) is 5.82 Å². The highest BCUT2D eigenvalue weighted by Crippen LogP contribution is 2.41. The molecule has 1 saturated carbocycles. The maximum absolute atomic E-state index is 14.9. The molecule has 2 N–H and O–H groups in total. The molecule has 144 valence electrons. The minimum Gasteiger partial charge on any atom is -0.477 e. The van der Waals surface area contributed by atoms with Crippen molar-refractivity contribution in [3.8, 4) is 0 Å². The number of aromatic carboxylic acids is 1. The van der Waals surface area contributed by atoms with Gasteiger partial charge in [0.15, 0.2) is 0 Å².